The Morgan fingerprint density at radius 3 is 2.45 bits per heavy atom. The van der Waals surface area contributed by atoms with E-state index in [-0.39, 0.29) is 24.0 Å². The van der Waals surface area contributed by atoms with Crippen LogP contribution in [0.25, 0.3) is 0 Å². The molecule has 0 radical (unpaired) electrons. The van der Waals surface area contributed by atoms with Crippen LogP contribution in [-0.4, -0.2) is 29.1 Å². The quantitative estimate of drug-likeness (QED) is 0.194. The Labute approximate surface area is 206 Å². The third-order valence-electron chi connectivity index (χ3n) is 4.71. The molecule has 0 aliphatic heterocycles. The second kappa shape index (κ2) is 14.2. The molecule has 3 aromatic rings. The van der Waals surface area contributed by atoms with Crippen LogP contribution in [0.1, 0.15) is 41.3 Å². The van der Waals surface area contributed by atoms with Crippen LogP contribution >= 0.6 is 35.3 Å². The van der Waals surface area contributed by atoms with Crippen molar-refractivity contribution in [3.05, 3.63) is 87.9 Å². The average molecular weight is 551 g/mol. The van der Waals surface area contributed by atoms with Crippen LogP contribution in [-0.2, 0) is 19.4 Å². The highest BCUT2D eigenvalue weighted by molar-refractivity contribution is 14.0. The maximum absolute atomic E-state index is 10.3. The Bertz CT molecular complexity index is 902. The predicted molar refractivity (Wildman–Crippen MR) is 140 cm³/mol. The Kier molecular flexibility index (Phi) is 11.6. The van der Waals surface area contributed by atoms with E-state index in [0.717, 1.165) is 41.6 Å². The number of thiazole rings is 1. The molecular formula is C24H31IN4OS. The van der Waals surface area contributed by atoms with Gasteiger partial charge in [-0.1, -0.05) is 60.7 Å². The number of hydrogen-bond acceptors (Lipinski definition) is 4. The molecule has 2 aromatic carbocycles. The minimum absolute atomic E-state index is 0. The van der Waals surface area contributed by atoms with E-state index < -0.39 is 6.10 Å². The highest BCUT2D eigenvalue weighted by atomic mass is 127. The molecule has 31 heavy (non-hydrogen) atoms. The fourth-order valence-corrected chi connectivity index (χ4v) is 3.89. The molecule has 1 heterocycles. The third kappa shape index (κ3) is 8.96. The summed E-state index contributed by atoms with van der Waals surface area (Å²) in [6, 6.07) is 20.2. The summed E-state index contributed by atoms with van der Waals surface area (Å²) in [5.41, 5.74) is 3.26. The second-order valence-corrected chi connectivity index (χ2v) is 8.00. The molecule has 0 bridgehead atoms. The van der Waals surface area contributed by atoms with Crippen molar-refractivity contribution in [1.82, 2.24) is 15.6 Å². The van der Waals surface area contributed by atoms with Crippen molar-refractivity contribution >= 4 is 41.3 Å². The molecule has 0 saturated carbocycles. The maximum Gasteiger partial charge on any atom is 0.191 e. The second-order valence-electron chi connectivity index (χ2n) is 7.06. The Morgan fingerprint density at radius 1 is 1.03 bits per heavy atom. The summed E-state index contributed by atoms with van der Waals surface area (Å²) in [5.74, 6) is 0.747. The number of benzene rings is 2. The van der Waals surface area contributed by atoms with Gasteiger partial charge >= 0.3 is 0 Å². The van der Waals surface area contributed by atoms with Gasteiger partial charge in [0.1, 0.15) is 0 Å². The predicted octanol–water partition coefficient (Wildman–Crippen LogP) is 4.73. The molecule has 0 spiro atoms. The van der Waals surface area contributed by atoms with Crippen LogP contribution in [0.15, 0.2) is 71.0 Å². The number of nitrogens with zero attached hydrogens (tertiary/aromatic N) is 2. The molecule has 1 aromatic heterocycles. The highest BCUT2D eigenvalue weighted by Gasteiger charge is 2.07. The van der Waals surface area contributed by atoms with E-state index in [1.807, 2.05) is 43.3 Å². The first kappa shape index (κ1) is 25.3. The maximum atomic E-state index is 10.3. The van der Waals surface area contributed by atoms with Crippen LogP contribution in [0.2, 0.25) is 0 Å². The number of hydrogen-bond donors (Lipinski definition) is 3. The van der Waals surface area contributed by atoms with E-state index in [0.29, 0.717) is 19.5 Å². The minimum Gasteiger partial charge on any atom is -0.388 e. The zero-order chi connectivity index (χ0) is 21.0. The number of aromatic nitrogens is 1. The number of aliphatic hydroxyl groups excluding tert-OH is 1. The zero-order valence-corrected chi connectivity index (χ0v) is 21.0. The molecule has 0 saturated heterocycles. The number of nitrogens with one attached hydrogen (secondary N) is 2. The van der Waals surface area contributed by atoms with Crippen LogP contribution in [0.4, 0.5) is 0 Å². The van der Waals surface area contributed by atoms with Crippen LogP contribution in [0.3, 0.4) is 0 Å². The van der Waals surface area contributed by atoms with Crippen molar-refractivity contribution in [2.24, 2.45) is 4.99 Å². The van der Waals surface area contributed by atoms with Crippen LogP contribution < -0.4 is 10.6 Å². The van der Waals surface area contributed by atoms with Gasteiger partial charge in [0.25, 0.3) is 0 Å². The number of rotatable bonds is 10. The number of aliphatic imine (C=N–C) groups is 1. The third-order valence-corrected chi connectivity index (χ3v) is 5.67. The van der Waals surface area contributed by atoms with Gasteiger partial charge in [-0.2, -0.15) is 0 Å². The lowest BCUT2D eigenvalue weighted by atomic mass is 10.1. The summed E-state index contributed by atoms with van der Waals surface area (Å²) in [6.07, 6.45) is 2.10. The summed E-state index contributed by atoms with van der Waals surface area (Å²) in [5, 5.41) is 20.1. The Hall–Kier alpha value is -1.97. The fourth-order valence-electron chi connectivity index (χ4n) is 3.10. The van der Waals surface area contributed by atoms with Crippen molar-refractivity contribution in [2.45, 2.75) is 38.8 Å². The van der Waals surface area contributed by atoms with Crippen molar-refractivity contribution in [3.63, 3.8) is 0 Å². The molecular weight excluding hydrogens is 519 g/mol. The van der Waals surface area contributed by atoms with E-state index in [1.165, 1.54) is 5.56 Å². The van der Waals surface area contributed by atoms with E-state index in [2.05, 4.69) is 45.3 Å². The Morgan fingerprint density at radius 2 is 1.74 bits per heavy atom. The first-order valence-electron chi connectivity index (χ1n) is 10.5. The van der Waals surface area contributed by atoms with Gasteiger partial charge < -0.3 is 15.7 Å². The lowest BCUT2D eigenvalue weighted by molar-refractivity contribution is 0.168. The molecule has 0 fully saturated rings. The average Bonchev–Trinajstić information content (AvgIpc) is 3.25. The van der Waals surface area contributed by atoms with E-state index in [4.69, 9.17) is 4.98 Å². The fraction of sp³-hybridized carbons (Fsp3) is 0.333. The molecule has 7 heteroatoms. The molecule has 5 nitrogen and oxygen atoms in total. The van der Waals surface area contributed by atoms with Gasteiger partial charge in [-0.05, 0) is 30.9 Å². The normalized spacial score (nSPS) is 12.1. The summed E-state index contributed by atoms with van der Waals surface area (Å²) in [4.78, 5) is 9.36. The van der Waals surface area contributed by atoms with Gasteiger partial charge in [0.15, 0.2) is 5.96 Å². The molecule has 0 aliphatic carbocycles. The highest BCUT2D eigenvalue weighted by Crippen LogP contribution is 2.15. The molecule has 3 N–H and O–H groups in total. The van der Waals surface area contributed by atoms with Crippen molar-refractivity contribution in [3.8, 4) is 0 Å². The standard InChI is InChI=1S/C24H30N4OS.HI/c1-2-25-24(26-16-15-22(29)20-11-7-4-8-12-20)27-17-21-18-30-23(28-21)14-13-19-9-5-3-6-10-19;/h3-12,18,22,29H,2,13-17H2,1H3,(H2,25,26,27);1H. The first-order chi connectivity index (χ1) is 14.7. The number of aliphatic hydroxyl groups is 1. The van der Waals surface area contributed by atoms with Crippen molar-refractivity contribution in [2.75, 3.05) is 13.1 Å². The molecule has 1 unspecified atom stereocenters. The number of guanidine groups is 1. The monoisotopic (exact) mass is 550 g/mol. The zero-order valence-electron chi connectivity index (χ0n) is 17.8. The lowest BCUT2D eigenvalue weighted by Gasteiger charge is -2.14. The van der Waals surface area contributed by atoms with Gasteiger partial charge in [-0.15, -0.1) is 35.3 Å². The SMILES string of the molecule is CCNC(=NCc1csc(CCc2ccccc2)n1)NCCC(O)c1ccccc1.I. The van der Waals surface area contributed by atoms with Crippen molar-refractivity contribution in [1.29, 1.82) is 0 Å². The summed E-state index contributed by atoms with van der Waals surface area (Å²) >= 11 is 1.70. The summed E-state index contributed by atoms with van der Waals surface area (Å²) in [6.45, 7) is 4.01. The van der Waals surface area contributed by atoms with Gasteiger partial charge in [0, 0.05) is 24.9 Å². The Balaban J connectivity index is 0.00000341. The summed E-state index contributed by atoms with van der Waals surface area (Å²) < 4.78 is 0. The smallest absolute Gasteiger partial charge is 0.191 e. The van der Waals surface area contributed by atoms with E-state index in [1.54, 1.807) is 11.3 Å². The van der Waals surface area contributed by atoms with Gasteiger partial charge in [-0.3, -0.25) is 0 Å². The summed E-state index contributed by atoms with van der Waals surface area (Å²) in [7, 11) is 0. The molecule has 166 valence electrons. The van der Waals surface area contributed by atoms with Crippen LogP contribution in [0.5, 0.6) is 0 Å². The largest absolute Gasteiger partial charge is 0.388 e. The van der Waals surface area contributed by atoms with Crippen molar-refractivity contribution < 1.29 is 5.11 Å². The number of aryl methyl sites for hydroxylation is 2. The molecule has 0 amide bonds. The minimum atomic E-state index is -0.479. The first-order valence-corrected chi connectivity index (χ1v) is 11.3. The molecule has 1 atom stereocenters. The molecule has 3 rings (SSSR count). The van der Waals surface area contributed by atoms with E-state index in [9.17, 15) is 5.11 Å². The van der Waals surface area contributed by atoms with Crippen LogP contribution in [0, 0.1) is 0 Å². The van der Waals surface area contributed by atoms with Gasteiger partial charge in [-0.25, -0.2) is 9.98 Å². The molecule has 0 aliphatic rings. The van der Waals surface area contributed by atoms with E-state index >= 15 is 0 Å². The van der Waals surface area contributed by atoms with Gasteiger partial charge in [0.2, 0.25) is 0 Å². The lowest BCUT2D eigenvalue weighted by Crippen LogP contribution is -2.38. The number of halogens is 1. The van der Waals surface area contributed by atoms with Gasteiger partial charge in [0.05, 0.1) is 23.4 Å². The topological polar surface area (TPSA) is 69.5 Å².